The van der Waals surface area contributed by atoms with Gasteiger partial charge in [-0.3, -0.25) is 0 Å². The smallest absolute Gasteiger partial charge is 0.405 e. The van der Waals surface area contributed by atoms with Gasteiger partial charge in [0.2, 0.25) is 10.0 Å². The number of nitrogens with two attached hydrogens (primary N) is 1. The van der Waals surface area contributed by atoms with Crippen LogP contribution in [-0.4, -0.2) is 25.0 Å². The summed E-state index contributed by atoms with van der Waals surface area (Å²) in [5, 5.41) is 18.0. The Morgan fingerprint density at radius 1 is 1.13 bits per heavy atom. The zero-order valence-corrected chi connectivity index (χ0v) is 16.3. The second-order valence-electron chi connectivity index (χ2n) is 6.33. The number of aliphatic hydroxyl groups is 1. The number of alkyl halides is 3. The molecule has 166 valence electrons. The molecule has 0 bridgehead atoms. The van der Waals surface area contributed by atoms with Crippen molar-refractivity contribution in [3.05, 3.63) is 53.3 Å². The quantitative estimate of drug-likeness (QED) is 0.557. The van der Waals surface area contributed by atoms with Crippen LogP contribution in [0.2, 0.25) is 0 Å². The number of hydrogen-bond acceptors (Lipinski definition) is 6. The van der Waals surface area contributed by atoms with Gasteiger partial charge in [-0.2, -0.15) is 0 Å². The minimum Gasteiger partial charge on any atom is -0.405 e. The predicted molar refractivity (Wildman–Crippen MR) is 96.0 cm³/mol. The summed E-state index contributed by atoms with van der Waals surface area (Å²) in [6, 6.07) is 4.88. The summed E-state index contributed by atoms with van der Waals surface area (Å²) in [6.45, 7) is 0.588. The van der Waals surface area contributed by atoms with Gasteiger partial charge < -0.3 is 14.4 Å². The summed E-state index contributed by atoms with van der Waals surface area (Å²) in [6.07, 6.45) is -4.97. The molecule has 3 rings (SSSR count). The highest BCUT2D eigenvalue weighted by molar-refractivity contribution is 7.89. The molecule has 0 spiro atoms. The van der Waals surface area contributed by atoms with E-state index in [1.54, 1.807) is 0 Å². The Kier molecular flexibility index (Phi) is 5.78. The second kappa shape index (κ2) is 7.90. The van der Waals surface area contributed by atoms with E-state index < -0.39 is 45.3 Å². The Labute approximate surface area is 171 Å². The molecular formula is C18H13F5N2O5S. The van der Waals surface area contributed by atoms with Crippen molar-refractivity contribution in [2.75, 3.05) is 0 Å². The lowest BCUT2D eigenvalue weighted by atomic mass is 9.98. The Balaban J connectivity index is 2.21. The summed E-state index contributed by atoms with van der Waals surface area (Å²) < 4.78 is 98.3. The van der Waals surface area contributed by atoms with Crippen molar-refractivity contribution in [2.24, 2.45) is 5.14 Å². The highest BCUT2D eigenvalue weighted by Gasteiger charge is 2.32. The van der Waals surface area contributed by atoms with Gasteiger partial charge in [0.1, 0.15) is 29.7 Å². The normalized spacial score (nSPS) is 12.3. The number of benzene rings is 2. The molecular weight excluding hydrogens is 451 g/mol. The van der Waals surface area contributed by atoms with E-state index in [9.17, 15) is 35.5 Å². The lowest BCUT2D eigenvalue weighted by Gasteiger charge is -2.13. The van der Waals surface area contributed by atoms with Crippen LogP contribution in [-0.2, 0) is 16.6 Å². The van der Waals surface area contributed by atoms with Gasteiger partial charge in [0.05, 0.1) is 5.56 Å². The van der Waals surface area contributed by atoms with Gasteiger partial charge in [-0.05, 0) is 36.2 Å². The fraction of sp³-hybridized carbons (Fsp3) is 0.167. The first kappa shape index (κ1) is 22.7. The van der Waals surface area contributed by atoms with Gasteiger partial charge in [-0.15, -0.1) is 13.2 Å². The number of aryl methyl sites for hydroxylation is 1. The Morgan fingerprint density at radius 2 is 1.74 bits per heavy atom. The molecule has 31 heavy (non-hydrogen) atoms. The van der Waals surface area contributed by atoms with Crippen molar-refractivity contribution in [3.63, 3.8) is 0 Å². The maximum atomic E-state index is 14.3. The summed E-state index contributed by atoms with van der Waals surface area (Å²) >= 11 is 0. The fourth-order valence-corrected chi connectivity index (χ4v) is 3.55. The summed E-state index contributed by atoms with van der Waals surface area (Å²) in [5.41, 5.74) is -0.467. The van der Waals surface area contributed by atoms with E-state index in [1.165, 1.54) is 19.1 Å². The number of nitrogens with zero attached hydrogens (tertiary/aromatic N) is 1. The maximum absolute atomic E-state index is 14.3. The van der Waals surface area contributed by atoms with Crippen molar-refractivity contribution < 1.29 is 44.7 Å². The lowest BCUT2D eigenvalue weighted by molar-refractivity contribution is -0.274. The minimum absolute atomic E-state index is 0.0136. The Hall–Kier alpha value is -3.03. The number of primary sulfonamides is 1. The second-order valence-corrected chi connectivity index (χ2v) is 7.83. The van der Waals surface area contributed by atoms with Crippen LogP contribution in [0.5, 0.6) is 5.75 Å². The molecule has 2 aromatic carbocycles. The number of aliphatic hydroxyl groups excluding tert-OH is 1. The van der Waals surface area contributed by atoms with Crippen LogP contribution < -0.4 is 9.88 Å². The molecule has 0 radical (unpaired) electrons. The average molecular weight is 464 g/mol. The highest BCUT2D eigenvalue weighted by atomic mass is 32.2. The average Bonchev–Trinajstić information content (AvgIpc) is 3.04. The van der Waals surface area contributed by atoms with E-state index in [0.717, 1.165) is 6.07 Å². The Morgan fingerprint density at radius 3 is 2.26 bits per heavy atom. The molecule has 0 saturated heterocycles. The van der Waals surface area contributed by atoms with E-state index in [1.807, 2.05) is 0 Å². The molecule has 0 amide bonds. The highest BCUT2D eigenvalue weighted by Crippen LogP contribution is 2.39. The van der Waals surface area contributed by atoms with Crippen LogP contribution in [0.25, 0.3) is 22.4 Å². The molecule has 13 heteroatoms. The third-order valence-electron chi connectivity index (χ3n) is 4.17. The van der Waals surface area contributed by atoms with E-state index >= 15 is 0 Å². The minimum atomic E-state index is -4.97. The van der Waals surface area contributed by atoms with Gasteiger partial charge >= 0.3 is 6.36 Å². The van der Waals surface area contributed by atoms with Crippen LogP contribution in [0.3, 0.4) is 0 Å². The number of sulfonamides is 1. The van der Waals surface area contributed by atoms with E-state index in [4.69, 9.17) is 9.66 Å². The fourth-order valence-electron chi connectivity index (χ4n) is 2.88. The van der Waals surface area contributed by atoms with Crippen LogP contribution in [0.1, 0.15) is 11.3 Å². The molecule has 0 fully saturated rings. The standard InChI is InChI=1S/C18H13F5N2O5S/c1-8-2-3-9(6-13(8)29-18(21,22)23)16-15(14(7-26)30-25-16)10-4-11(19)17(12(20)5-10)31(24,27)28/h2-6,26H,7H2,1H3,(H2,24,27,28). The van der Waals surface area contributed by atoms with Crippen LogP contribution in [0.15, 0.2) is 39.8 Å². The maximum Gasteiger partial charge on any atom is 0.573 e. The van der Waals surface area contributed by atoms with Crippen molar-refractivity contribution >= 4 is 10.0 Å². The van der Waals surface area contributed by atoms with Crippen molar-refractivity contribution in [2.45, 2.75) is 24.8 Å². The number of aromatic nitrogens is 1. The molecule has 0 aliphatic heterocycles. The summed E-state index contributed by atoms with van der Waals surface area (Å²) in [5.74, 6) is -3.85. The predicted octanol–water partition coefficient (Wildman–Crippen LogP) is 3.63. The first-order chi connectivity index (χ1) is 14.3. The van der Waals surface area contributed by atoms with E-state index in [-0.39, 0.29) is 33.7 Å². The van der Waals surface area contributed by atoms with Crippen LogP contribution in [0, 0.1) is 18.6 Å². The topological polar surface area (TPSA) is 116 Å². The third-order valence-corrected chi connectivity index (χ3v) is 5.12. The molecule has 0 atom stereocenters. The summed E-state index contributed by atoms with van der Waals surface area (Å²) in [7, 11) is -4.72. The van der Waals surface area contributed by atoms with Crippen LogP contribution in [0.4, 0.5) is 22.0 Å². The molecule has 1 aromatic heterocycles. The van der Waals surface area contributed by atoms with Crippen molar-refractivity contribution in [1.29, 1.82) is 0 Å². The van der Waals surface area contributed by atoms with Gasteiger partial charge in [0, 0.05) is 5.56 Å². The number of halogens is 5. The lowest BCUT2D eigenvalue weighted by Crippen LogP contribution is -2.17. The van der Waals surface area contributed by atoms with Crippen LogP contribution >= 0.6 is 0 Å². The molecule has 0 aliphatic carbocycles. The zero-order chi connectivity index (χ0) is 23.1. The molecule has 3 aromatic rings. The molecule has 0 aliphatic rings. The molecule has 3 N–H and O–H groups in total. The first-order valence-corrected chi connectivity index (χ1v) is 9.85. The molecule has 0 unspecified atom stereocenters. The van der Waals surface area contributed by atoms with Crippen molar-refractivity contribution in [1.82, 2.24) is 5.16 Å². The molecule has 0 saturated carbocycles. The van der Waals surface area contributed by atoms with Crippen molar-refractivity contribution in [3.8, 4) is 28.1 Å². The third kappa shape index (κ3) is 4.68. The largest absolute Gasteiger partial charge is 0.573 e. The van der Waals surface area contributed by atoms with E-state index in [0.29, 0.717) is 12.1 Å². The first-order valence-electron chi connectivity index (χ1n) is 8.30. The van der Waals surface area contributed by atoms with Gasteiger partial charge in [0.15, 0.2) is 10.7 Å². The summed E-state index contributed by atoms with van der Waals surface area (Å²) in [4.78, 5) is -1.36. The molecule has 1 heterocycles. The van der Waals surface area contributed by atoms with Gasteiger partial charge in [-0.25, -0.2) is 22.3 Å². The zero-order valence-electron chi connectivity index (χ0n) is 15.5. The number of ether oxygens (including phenoxy) is 1. The Bertz CT molecular complexity index is 1230. The number of hydrogen-bond donors (Lipinski definition) is 2. The monoisotopic (exact) mass is 464 g/mol. The van der Waals surface area contributed by atoms with E-state index in [2.05, 4.69) is 9.89 Å². The van der Waals surface area contributed by atoms with Gasteiger partial charge in [-0.1, -0.05) is 17.3 Å². The SMILES string of the molecule is Cc1ccc(-c2noc(CO)c2-c2cc(F)c(S(N)(=O)=O)c(F)c2)cc1OC(F)(F)F. The molecule has 7 nitrogen and oxygen atoms in total. The van der Waals surface area contributed by atoms with Gasteiger partial charge in [0.25, 0.3) is 0 Å². The number of rotatable bonds is 5.